The van der Waals surface area contributed by atoms with Gasteiger partial charge >= 0.3 is 0 Å². The Kier molecular flexibility index (Phi) is 4.01. The largest absolute Gasteiger partial charge is 0.358 e. The predicted octanol–water partition coefficient (Wildman–Crippen LogP) is 3.72. The van der Waals surface area contributed by atoms with E-state index in [-0.39, 0.29) is 9.90 Å². The second-order valence-electron chi connectivity index (χ2n) is 5.47. The number of hydrogen-bond acceptors (Lipinski definition) is 5. The summed E-state index contributed by atoms with van der Waals surface area (Å²) in [5, 5.41) is 9.17. The minimum atomic E-state index is -4.08. The van der Waals surface area contributed by atoms with Gasteiger partial charge < -0.3 is 4.98 Å². The molecule has 0 bridgehead atoms. The third-order valence-corrected chi connectivity index (χ3v) is 6.53. The first-order chi connectivity index (χ1) is 11.6. The van der Waals surface area contributed by atoms with Crippen LogP contribution in [0.15, 0.2) is 28.7 Å². The molecule has 0 aliphatic heterocycles. The molecule has 2 heterocycles. The molecule has 130 valence electrons. The van der Waals surface area contributed by atoms with Crippen molar-refractivity contribution >= 4 is 38.0 Å². The van der Waals surface area contributed by atoms with Crippen molar-refractivity contribution in [3.8, 4) is 6.07 Å². The molecule has 0 aliphatic rings. The van der Waals surface area contributed by atoms with E-state index in [4.69, 9.17) is 5.26 Å². The van der Waals surface area contributed by atoms with Crippen LogP contribution in [-0.4, -0.2) is 18.4 Å². The topological polar surface area (TPSA) is 98.6 Å². The average molecular weight is 382 g/mol. The van der Waals surface area contributed by atoms with Gasteiger partial charge in [-0.05, 0) is 18.6 Å². The van der Waals surface area contributed by atoms with Crippen molar-refractivity contribution in [3.63, 3.8) is 0 Å². The van der Waals surface area contributed by atoms with E-state index in [2.05, 4.69) is 14.7 Å². The van der Waals surface area contributed by atoms with Crippen LogP contribution in [0.3, 0.4) is 0 Å². The van der Waals surface area contributed by atoms with E-state index < -0.39 is 21.0 Å². The number of aryl methyl sites for hydroxylation is 1. The Hall–Kier alpha value is -2.51. The number of aromatic amines is 1. The Bertz CT molecular complexity index is 1100. The van der Waals surface area contributed by atoms with Gasteiger partial charge in [0.05, 0.1) is 23.0 Å². The molecule has 6 nitrogen and oxygen atoms in total. The molecular formula is C15H12F2N4O2S2. The molecule has 0 amide bonds. The lowest BCUT2D eigenvalue weighted by Crippen LogP contribution is -2.12. The van der Waals surface area contributed by atoms with Gasteiger partial charge in [0.15, 0.2) is 9.22 Å². The van der Waals surface area contributed by atoms with Crippen LogP contribution in [-0.2, 0) is 15.9 Å². The molecule has 25 heavy (non-hydrogen) atoms. The zero-order valence-electron chi connectivity index (χ0n) is 13.1. The number of H-pyrrole nitrogens is 1. The van der Waals surface area contributed by atoms with Crippen molar-refractivity contribution in [2.45, 2.75) is 24.0 Å². The lowest BCUT2D eigenvalue weighted by molar-refractivity contribution is 0.0172. The summed E-state index contributed by atoms with van der Waals surface area (Å²) in [6, 6.07) is 5.25. The second kappa shape index (κ2) is 5.79. The number of hydrogen-bond donors (Lipinski definition) is 2. The number of aromatic nitrogens is 2. The van der Waals surface area contributed by atoms with Gasteiger partial charge in [0.2, 0.25) is 0 Å². The van der Waals surface area contributed by atoms with Crippen LogP contribution < -0.4 is 4.72 Å². The normalized spacial score (nSPS) is 12.3. The van der Waals surface area contributed by atoms with Crippen LogP contribution in [0.2, 0.25) is 0 Å². The minimum Gasteiger partial charge on any atom is -0.358 e. The molecule has 1 aromatic carbocycles. The lowest BCUT2D eigenvalue weighted by atomic mass is 10.1. The molecular weight excluding hydrogens is 370 g/mol. The summed E-state index contributed by atoms with van der Waals surface area (Å²) in [4.78, 5) is 6.36. The first-order valence-corrected chi connectivity index (χ1v) is 9.31. The van der Waals surface area contributed by atoms with Gasteiger partial charge in [-0.25, -0.2) is 13.4 Å². The van der Waals surface area contributed by atoms with E-state index >= 15 is 0 Å². The number of fused-ring (bicyclic) bond motifs is 1. The number of halogens is 2. The second-order valence-corrected chi connectivity index (χ2v) is 8.41. The highest BCUT2D eigenvalue weighted by Crippen LogP contribution is 2.34. The Morgan fingerprint density at radius 2 is 2.12 bits per heavy atom. The number of nitrogens with one attached hydrogen (secondary N) is 2. The molecule has 2 aromatic heterocycles. The molecule has 10 heteroatoms. The Morgan fingerprint density at radius 1 is 1.40 bits per heavy atom. The minimum absolute atomic E-state index is 0.223. The van der Waals surface area contributed by atoms with Crippen molar-refractivity contribution < 1.29 is 17.2 Å². The summed E-state index contributed by atoms with van der Waals surface area (Å²) < 4.78 is 53.6. The van der Waals surface area contributed by atoms with E-state index in [1.54, 1.807) is 19.1 Å². The van der Waals surface area contributed by atoms with Crippen molar-refractivity contribution in [2.75, 3.05) is 4.72 Å². The van der Waals surface area contributed by atoms with Crippen LogP contribution >= 0.6 is 11.3 Å². The van der Waals surface area contributed by atoms with Crippen LogP contribution in [0.25, 0.3) is 10.9 Å². The number of benzene rings is 1. The maximum atomic E-state index is 13.3. The Morgan fingerprint density at radius 3 is 2.72 bits per heavy atom. The standard InChI is InChI=1S/C15H12F2N4O2S2/c1-8-3-4-10(13-12(8)9(5-18)6-19-13)21-25(22,23)11-7-20-14(24-11)15(2,16)17/h3-4,6-7,19,21H,1-2H3. The molecule has 0 saturated carbocycles. The van der Waals surface area contributed by atoms with Crippen LogP contribution in [0.5, 0.6) is 0 Å². The molecule has 0 aliphatic carbocycles. The van der Waals surface area contributed by atoms with E-state index in [9.17, 15) is 17.2 Å². The fraction of sp³-hybridized carbons (Fsp3) is 0.200. The highest BCUT2D eigenvalue weighted by molar-refractivity contribution is 7.94. The van der Waals surface area contributed by atoms with Gasteiger partial charge in [0.25, 0.3) is 15.9 Å². The molecule has 0 radical (unpaired) electrons. The van der Waals surface area contributed by atoms with E-state index in [0.29, 0.717) is 34.7 Å². The highest BCUT2D eigenvalue weighted by atomic mass is 32.2. The van der Waals surface area contributed by atoms with Crippen molar-refractivity contribution in [2.24, 2.45) is 0 Å². The average Bonchev–Trinajstić information content (AvgIpc) is 3.16. The summed E-state index contributed by atoms with van der Waals surface area (Å²) >= 11 is 0.410. The predicted molar refractivity (Wildman–Crippen MR) is 90.2 cm³/mol. The van der Waals surface area contributed by atoms with Gasteiger partial charge in [0, 0.05) is 18.5 Å². The molecule has 3 rings (SSSR count). The van der Waals surface area contributed by atoms with E-state index in [1.165, 1.54) is 6.20 Å². The molecule has 0 unspecified atom stereocenters. The number of anilines is 1. The van der Waals surface area contributed by atoms with Gasteiger partial charge in [-0.3, -0.25) is 4.72 Å². The first-order valence-electron chi connectivity index (χ1n) is 7.01. The van der Waals surface area contributed by atoms with E-state index in [1.807, 2.05) is 6.07 Å². The number of thiazole rings is 1. The summed E-state index contributed by atoms with van der Waals surface area (Å²) in [6.45, 7) is 2.45. The smallest absolute Gasteiger partial charge is 0.296 e. The summed E-state index contributed by atoms with van der Waals surface area (Å²) in [7, 11) is -4.08. The summed E-state index contributed by atoms with van der Waals surface area (Å²) in [5.74, 6) is -3.21. The Balaban J connectivity index is 2.04. The number of nitriles is 1. The molecule has 2 N–H and O–H groups in total. The van der Waals surface area contributed by atoms with Crippen molar-refractivity contribution in [1.82, 2.24) is 9.97 Å². The SMILES string of the molecule is Cc1ccc(NS(=O)(=O)c2cnc(C(C)(F)F)s2)c2[nH]cc(C#N)c12. The lowest BCUT2D eigenvalue weighted by Gasteiger charge is -2.09. The van der Waals surface area contributed by atoms with Gasteiger partial charge in [0.1, 0.15) is 6.07 Å². The number of sulfonamides is 1. The zero-order valence-corrected chi connectivity index (χ0v) is 14.7. The van der Waals surface area contributed by atoms with E-state index in [0.717, 1.165) is 11.8 Å². The quantitative estimate of drug-likeness (QED) is 0.718. The monoisotopic (exact) mass is 382 g/mol. The van der Waals surface area contributed by atoms with Gasteiger partial charge in [-0.1, -0.05) is 17.4 Å². The van der Waals surface area contributed by atoms with Crippen LogP contribution in [0, 0.1) is 18.3 Å². The fourth-order valence-corrected chi connectivity index (χ4v) is 4.51. The summed E-state index contributed by atoms with van der Waals surface area (Å²) in [6.07, 6.45) is 2.39. The van der Waals surface area contributed by atoms with Gasteiger partial charge in [-0.15, -0.1) is 0 Å². The van der Waals surface area contributed by atoms with Crippen LogP contribution in [0.1, 0.15) is 23.1 Å². The maximum Gasteiger partial charge on any atom is 0.296 e. The van der Waals surface area contributed by atoms with Gasteiger partial charge in [-0.2, -0.15) is 14.0 Å². The molecule has 0 atom stereocenters. The maximum absolute atomic E-state index is 13.3. The molecule has 0 spiro atoms. The number of nitrogens with zero attached hydrogens (tertiary/aromatic N) is 2. The summed E-state index contributed by atoms with van der Waals surface area (Å²) in [5.41, 5.74) is 1.87. The molecule has 0 saturated heterocycles. The Labute approximate surface area is 146 Å². The van der Waals surface area contributed by atoms with Crippen molar-refractivity contribution in [1.29, 1.82) is 5.26 Å². The molecule has 3 aromatic rings. The highest BCUT2D eigenvalue weighted by Gasteiger charge is 2.31. The first kappa shape index (κ1) is 17.3. The fourth-order valence-electron chi connectivity index (χ4n) is 2.38. The number of alkyl halides is 2. The van der Waals surface area contributed by atoms with Crippen LogP contribution in [0.4, 0.5) is 14.5 Å². The zero-order chi connectivity index (χ0) is 18.4. The third-order valence-electron chi connectivity index (χ3n) is 3.53. The third kappa shape index (κ3) is 3.08. The van der Waals surface area contributed by atoms with Crippen molar-refractivity contribution in [3.05, 3.63) is 40.7 Å². The number of rotatable bonds is 4. The molecule has 0 fully saturated rings.